The summed E-state index contributed by atoms with van der Waals surface area (Å²) in [5, 5.41) is 12.6. The van der Waals surface area contributed by atoms with Gasteiger partial charge in [-0.15, -0.1) is 5.10 Å². The number of hydrazone groups is 1. The van der Waals surface area contributed by atoms with Gasteiger partial charge in [-0.1, -0.05) is 18.1 Å². The summed E-state index contributed by atoms with van der Waals surface area (Å²) in [5.74, 6) is 2.54. The average Bonchev–Trinajstić information content (AvgIpc) is 3.24. The predicted octanol–water partition coefficient (Wildman–Crippen LogP) is 0.854. The van der Waals surface area contributed by atoms with Gasteiger partial charge in [0.2, 0.25) is 0 Å². The van der Waals surface area contributed by atoms with Crippen molar-refractivity contribution in [3.05, 3.63) is 24.4 Å². The van der Waals surface area contributed by atoms with E-state index in [1.54, 1.807) is 10.9 Å². The van der Waals surface area contributed by atoms with Gasteiger partial charge < -0.3 is 4.57 Å². The van der Waals surface area contributed by atoms with Crippen LogP contribution in [0.5, 0.6) is 0 Å². The Morgan fingerprint density at radius 2 is 2.14 bits per heavy atom. The zero-order valence-electron chi connectivity index (χ0n) is 12.4. The number of rotatable bonds is 1. The predicted molar refractivity (Wildman–Crippen MR) is 80.2 cm³/mol. The van der Waals surface area contributed by atoms with Crippen molar-refractivity contribution < 1.29 is 0 Å². The maximum atomic E-state index is 4.60. The van der Waals surface area contributed by atoms with E-state index >= 15 is 0 Å². The molecule has 0 saturated heterocycles. The summed E-state index contributed by atoms with van der Waals surface area (Å²) in [4.78, 5) is 6.66. The number of fused-ring (bicyclic) bond motifs is 6. The van der Waals surface area contributed by atoms with E-state index in [1.807, 2.05) is 19.6 Å². The number of aromatic nitrogens is 5. The second kappa shape index (κ2) is 4.31. The Bertz CT molecular complexity index is 744. The van der Waals surface area contributed by atoms with Crippen molar-refractivity contribution in [3.63, 3.8) is 0 Å². The first kappa shape index (κ1) is 12.2. The lowest BCUT2D eigenvalue weighted by Crippen LogP contribution is -2.53. The van der Waals surface area contributed by atoms with Gasteiger partial charge in [0.15, 0.2) is 5.84 Å². The first-order chi connectivity index (χ1) is 10.8. The summed E-state index contributed by atoms with van der Waals surface area (Å²) in [6, 6.07) is 0.527. The summed E-state index contributed by atoms with van der Waals surface area (Å²) in [6.07, 6.45) is 10.9. The van der Waals surface area contributed by atoms with E-state index in [1.165, 1.54) is 25.7 Å². The van der Waals surface area contributed by atoms with Crippen LogP contribution in [0.2, 0.25) is 0 Å². The fourth-order valence-electron chi connectivity index (χ4n) is 4.18. The maximum Gasteiger partial charge on any atom is 0.183 e. The maximum absolute atomic E-state index is 4.60. The van der Waals surface area contributed by atoms with E-state index in [9.17, 15) is 0 Å². The largest absolute Gasteiger partial charge is 0.314 e. The molecule has 0 spiro atoms. The lowest BCUT2D eigenvalue weighted by molar-refractivity contribution is 0.176. The third kappa shape index (κ3) is 1.47. The molecular formula is C14H18N8. The Labute approximate surface area is 127 Å². The highest BCUT2D eigenvalue weighted by atomic mass is 15.6. The first-order valence-corrected chi connectivity index (χ1v) is 7.84. The standard InChI is InChI=1S/C14H18N8/c1-20-11(6-16-19-20)14-18-17-13-9-4-2-3-5-10(9)21-8-15-7-12(21)22(13)14/h6-10,13,17H,2-5H2,1H3. The van der Waals surface area contributed by atoms with Gasteiger partial charge in [-0.05, 0) is 12.8 Å². The number of amidine groups is 1. The molecule has 0 amide bonds. The zero-order valence-corrected chi connectivity index (χ0v) is 12.4. The lowest BCUT2D eigenvalue weighted by atomic mass is 9.80. The topological polar surface area (TPSA) is 76.2 Å². The fraction of sp³-hybridized carbons (Fsp3) is 0.571. The molecule has 0 aromatic carbocycles. The van der Waals surface area contributed by atoms with Crippen LogP contribution in [0.25, 0.3) is 0 Å². The highest BCUT2D eigenvalue weighted by Crippen LogP contribution is 2.45. The third-order valence-electron chi connectivity index (χ3n) is 5.19. The molecule has 1 saturated carbocycles. The van der Waals surface area contributed by atoms with Crippen molar-refractivity contribution in [1.82, 2.24) is 30.0 Å². The second-order valence-corrected chi connectivity index (χ2v) is 6.30. The van der Waals surface area contributed by atoms with Gasteiger partial charge in [-0.3, -0.25) is 10.3 Å². The molecule has 2 aliphatic heterocycles. The van der Waals surface area contributed by atoms with Crippen LogP contribution in [0.1, 0.15) is 37.4 Å². The van der Waals surface area contributed by atoms with Gasteiger partial charge in [0.25, 0.3) is 0 Å². The Balaban J connectivity index is 1.64. The lowest BCUT2D eigenvalue weighted by Gasteiger charge is -2.45. The third-order valence-corrected chi connectivity index (χ3v) is 5.19. The van der Waals surface area contributed by atoms with Crippen molar-refractivity contribution in [3.8, 4) is 0 Å². The molecular weight excluding hydrogens is 280 g/mol. The molecule has 8 nitrogen and oxygen atoms in total. The van der Waals surface area contributed by atoms with Crippen LogP contribution in [-0.4, -0.2) is 36.5 Å². The van der Waals surface area contributed by atoms with Gasteiger partial charge in [0.05, 0.1) is 18.7 Å². The van der Waals surface area contributed by atoms with Crippen LogP contribution in [-0.2, 0) is 7.05 Å². The molecule has 2 aromatic rings. The Kier molecular flexibility index (Phi) is 2.39. The van der Waals surface area contributed by atoms with Crippen LogP contribution >= 0.6 is 0 Å². The molecule has 0 bridgehead atoms. The molecule has 4 heterocycles. The van der Waals surface area contributed by atoms with E-state index in [2.05, 4.69) is 35.3 Å². The van der Waals surface area contributed by atoms with Crippen LogP contribution in [0.4, 0.5) is 5.82 Å². The molecule has 3 aliphatic rings. The highest BCUT2D eigenvalue weighted by Gasteiger charge is 2.47. The minimum absolute atomic E-state index is 0.208. The first-order valence-electron chi connectivity index (χ1n) is 7.84. The van der Waals surface area contributed by atoms with E-state index in [0.717, 1.165) is 17.3 Å². The molecule has 1 N–H and O–H groups in total. The van der Waals surface area contributed by atoms with Crippen LogP contribution in [0.15, 0.2) is 23.8 Å². The van der Waals surface area contributed by atoms with E-state index in [0.29, 0.717) is 12.0 Å². The number of aryl methyl sites for hydroxylation is 1. The highest BCUT2D eigenvalue weighted by molar-refractivity contribution is 6.09. The summed E-state index contributed by atoms with van der Waals surface area (Å²) in [5.41, 5.74) is 4.27. The molecule has 22 heavy (non-hydrogen) atoms. The number of imidazole rings is 1. The Morgan fingerprint density at radius 1 is 1.23 bits per heavy atom. The van der Waals surface area contributed by atoms with Gasteiger partial charge in [0, 0.05) is 19.0 Å². The molecule has 1 aliphatic carbocycles. The smallest absolute Gasteiger partial charge is 0.183 e. The molecule has 5 rings (SSSR count). The van der Waals surface area contributed by atoms with Crippen molar-refractivity contribution in [1.29, 1.82) is 0 Å². The minimum Gasteiger partial charge on any atom is -0.314 e. The van der Waals surface area contributed by atoms with E-state index in [4.69, 9.17) is 0 Å². The molecule has 2 aromatic heterocycles. The summed E-state index contributed by atoms with van der Waals surface area (Å²) in [6.45, 7) is 0. The van der Waals surface area contributed by atoms with Gasteiger partial charge in [-0.2, -0.15) is 5.10 Å². The van der Waals surface area contributed by atoms with E-state index in [-0.39, 0.29) is 6.17 Å². The zero-order chi connectivity index (χ0) is 14.7. The molecule has 3 atom stereocenters. The van der Waals surface area contributed by atoms with Crippen molar-refractivity contribution in [2.24, 2.45) is 18.1 Å². The fourth-order valence-corrected chi connectivity index (χ4v) is 4.18. The summed E-state index contributed by atoms with van der Waals surface area (Å²) in [7, 11) is 1.89. The molecule has 114 valence electrons. The van der Waals surface area contributed by atoms with Crippen molar-refractivity contribution in [2.45, 2.75) is 37.9 Å². The number of hydrogen-bond donors (Lipinski definition) is 1. The molecule has 0 radical (unpaired) electrons. The number of nitrogens with one attached hydrogen (secondary N) is 1. The van der Waals surface area contributed by atoms with Gasteiger partial charge in [-0.25, -0.2) is 9.67 Å². The van der Waals surface area contributed by atoms with Gasteiger partial charge >= 0.3 is 0 Å². The second-order valence-electron chi connectivity index (χ2n) is 6.30. The van der Waals surface area contributed by atoms with Crippen molar-refractivity contribution in [2.75, 3.05) is 4.90 Å². The van der Waals surface area contributed by atoms with Crippen LogP contribution < -0.4 is 10.3 Å². The Morgan fingerprint density at radius 3 is 3.00 bits per heavy atom. The van der Waals surface area contributed by atoms with Crippen LogP contribution in [0.3, 0.4) is 0 Å². The van der Waals surface area contributed by atoms with Crippen LogP contribution in [0, 0.1) is 5.92 Å². The quantitative estimate of drug-likeness (QED) is 0.845. The normalized spacial score (nSPS) is 29.4. The van der Waals surface area contributed by atoms with E-state index < -0.39 is 0 Å². The SMILES string of the molecule is Cn1nncc1C1=NNC2C3CCCCC3n3cncc3N12. The molecule has 8 heteroatoms. The summed E-state index contributed by atoms with van der Waals surface area (Å²) >= 11 is 0. The molecule has 1 fully saturated rings. The number of anilines is 1. The summed E-state index contributed by atoms with van der Waals surface area (Å²) < 4.78 is 4.09. The Hall–Kier alpha value is -2.38. The average molecular weight is 298 g/mol. The molecule has 3 unspecified atom stereocenters. The monoisotopic (exact) mass is 298 g/mol. The number of nitrogens with zero attached hydrogens (tertiary/aromatic N) is 7. The van der Waals surface area contributed by atoms with Gasteiger partial charge in [0.1, 0.15) is 17.7 Å². The number of hydrogen-bond acceptors (Lipinski definition) is 6. The van der Waals surface area contributed by atoms with Crippen molar-refractivity contribution >= 4 is 11.7 Å². The minimum atomic E-state index is 0.208.